The molecule has 3 aromatic rings. The minimum Gasteiger partial charge on any atom is -0.332 e. The van der Waals surface area contributed by atoms with E-state index in [0.717, 1.165) is 21.5 Å². The van der Waals surface area contributed by atoms with Gasteiger partial charge in [-0.05, 0) is 53.5 Å². The SMILES string of the molecule is CCC(=O)Nc1nc2ccc(NC(=S)NC(=O)/C=C/c3ccc(C(C)C)cc3)cc2s1. The summed E-state index contributed by atoms with van der Waals surface area (Å²) in [4.78, 5) is 28.1. The molecule has 0 saturated carbocycles. The molecule has 0 atom stereocenters. The van der Waals surface area contributed by atoms with E-state index in [1.165, 1.54) is 23.0 Å². The molecule has 6 nitrogen and oxygen atoms in total. The van der Waals surface area contributed by atoms with Crippen LogP contribution in [0.5, 0.6) is 0 Å². The van der Waals surface area contributed by atoms with E-state index in [0.29, 0.717) is 17.5 Å². The van der Waals surface area contributed by atoms with Crippen LogP contribution in [0.3, 0.4) is 0 Å². The maximum Gasteiger partial charge on any atom is 0.250 e. The van der Waals surface area contributed by atoms with Crippen LogP contribution < -0.4 is 16.0 Å². The van der Waals surface area contributed by atoms with Crippen molar-refractivity contribution in [3.63, 3.8) is 0 Å². The summed E-state index contributed by atoms with van der Waals surface area (Å²) in [6, 6.07) is 13.6. The lowest BCUT2D eigenvalue weighted by molar-refractivity contribution is -0.116. The number of carbonyl (C=O) groups is 2. The van der Waals surface area contributed by atoms with Gasteiger partial charge in [0.2, 0.25) is 11.8 Å². The van der Waals surface area contributed by atoms with E-state index in [1.54, 1.807) is 13.0 Å². The molecule has 2 aromatic carbocycles. The van der Waals surface area contributed by atoms with E-state index >= 15 is 0 Å². The van der Waals surface area contributed by atoms with Gasteiger partial charge in [-0.15, -0.1) is 0 Å². The summed E-state index contributed by atoms with van der Waals surface area (Å²) >= 11 is 6.62. The van der Waals surface area contributed by atoms with Crippen LogP contribution >= 0.6 is 23.6 Å². The average molecular weight is 453 g/mol. The molecule has 1 heterocycles. The van der Waals surface area contributed by atoms with E-state index in [2.05, 4.69) is 46.9 Å². The van der Waals surface area contributed by atoms with Gasteiger partial charge in [0.05, 0.1) is 10.2 Å². The highest BCUT2D eigenvalue weighted by molar-refractivity contribution is 7.80. The zero-order valence-corrected chi connectivity index (χ0v) is 19.2. The van der Waals surface area contributed by atoms with Crippen molar-refractivity contribution in [1.29, 1.82) is 0 Å². The van der Waals surface area contributed by atoms with E-state index < -0.39 is 0 Å². The smallest absolute Gasteiger partial charge is 0.250 e. The van der Waals surface area contributed by atoms with Crippen LogP contribution in [0.1, 0.15) is 44.2 Å². The number of hydrogen-bond acceptors (Lipinski definition) is 5. The van der Waals surface area contributed by atoms with Gasteiger partial charge in [-0.3, -0.25) is 14.9 Å². The summed E-state index contributed by atoms with van der Waals surface area (Å²) in [5, 5.41) is 9.16. The van der Waals surface area contributed by atoms with Gasteiger partial charge < -0.3 is 10.6 Å². The average Bonchev–Trinajstić information content (AvgIpc) is 3.13. The van der Waals surface area contributed by atoms with Crippen molar-refractivity contribution in [3.05, 3.63) is 59.7 Å². The molecule has 8 heteroatoms. The summed E-state index contributed by atoms with van der Waals surface area (Å²) in [5.41, 5.74) is 3.70. The topological polar surface area (TPSA) is 83.1 Å². The van der Waals surface area contributed by atoms with Gasteiger partial charge in [-0.1, -0.05) is 56.4 Å². The summed E-state index contributed by atoms with van der Waals surface area (Å²) in [5.74, 6) is 0.0784. The number of anilines is 2. The molecule has 160 valence electrons. The van der Waals surface area contributed by atoms with Crippen molar-refractivity contribution in [1.82, 2.24) is 10.3 Å². The molecule has 0 fully saturated rings. The molecule has 3 rings (SSSR count). The van der Waals surface area contributed by atoms with Gasteiger partial charge in [0, 0.05) is 18.2 Å². The third-order valence-electron chi connectivity index (χ3n) is 4.48. The third-order valence-corrected chi connectivity index (χ3v) is 5.62. The lowest BCUT2D eigenvalue weighted by Gasteiger charge is -2.08. The highest BCUT2D eigenvalue weighted by atomic mass is 32.1. The van der Waals surface area contributed by atoms with Crippen LogP contribution in [0.15, 0.2) is 48.5 Å². The normalized spacial score (nSPS) is 11.1. The van der Waals surface area contributed by atoms with Gasteiger partial charge >= 0.3 is 0 Å². The lowest BCUT2D eigenvalue weighted by atomic mass is 10.0. The predicted molar refractivity (Wildman–Crippen MR) is 132 cm³/mol. The standard InChI is InChI=1S/C23H24N4O2S2/c1-4-20(28)27-23-25-18-11-10-17(13-19(18)31-23)24-22(30)26-21(29)12-7-15-5-8-16(9-6-15)14(2)3/h5-14H,4H2,1-3H3,(H,25,27,28)(H2,24,26,29,30)/b12-7+. The molecule has 0 spiro atoms. The van der Waals surface area contributed by atoms with Crippen LogP contribution in [0, 0.1) is 0 Å². The number of nitrogens with zero attached hydrogens (tertiary/aromatic N) is 1. The zero-order valence-electron chi connectivity index (χ0n) is 17.6. The first-order valence-electron chi connectivity index (χ1n) is 9.94. The molecule has 3 N–H and O–H groups in total. The Bertz CT molecular complexity index is 1130. The number of carbonyl (C=O) groups excluding carboxylic acids is 2. The Kier molecular flexibility index (Phi) is 7.49. The second-order valence-corrected chi connectivity index (χ2v) is 8.64. The number of hydrogen-bond donors (Lipinski definition) is 3. The van der Waals surface area contributed by atoms with Crippen molar-refractivity contribution in [2.75, 3.05) is 10.6 Å². The molecular formula is C23H24N4O2S2. The molecule has 1 aromatic heterocycles. The number of rotatable bonds is 6. The largest absolute Gasteiger partial charge is 0.332 e. The molecule has 0 bridgehead atoms. The number of nitrogens with one attached hydrogen (secondary N) is 3. The summed E-state index contributed by atoms with van der Waals surface area (Å²) < 4.78 is 0.898. The van der Waals surface area contributed by atoms with Crippen LogP contribution in [0.25, 0.3) is 16.3 Å². The number of benzene rings is 2. The Labute approximate surface area is 190 Å². The number of thiocarbonyl (C=S) groups is 1. The second kappa shape index (κ2) is 10.3. The van der Waals surface area contributed by atoms with Crippen molar-refractivity contribution in [3.8, 4) is 0 Å². The first kappa shape index (κ1) is 22.6. The molecule has 0 aliphatic heterocycles. The predicted octanol–water partition coefficient (Wildman–Crippen LogP) is 5.29. The molecular weight excluding hydrogens is 428 g/mol. The van der Waals surface area contributed by atoms with Gasteiger partial charge in [0.15, 0.2) is 10.2 Å². The lowest BCUT2D eigenvalue weighted by Crippen LogP contribution is -2.32. The number of thiazole rings is 1. The maximum absolute atomic E-state index is 12.2. The second-order valence-electron chi connectivity index (χ2n) is 7.20. The fourth-order valence-electron chi connectivity index (χ4n) is 2.74. The molecule has 0 aliphatic rings. The fourth-order valence-corrected chi connectivity index (χ4v) is 3.88. The first-order chi connectivity index (χ1) is 14.8. The van der Waals surface area contributed by atoms with E-state index in [1.807, 2.05) is 30.3 Å². The number of fused-ring (bicyclic) bond motifs is 1. The van der Waals surface area contributed by atoms with Crippen LogP contribution in [-0.2, 0) is 9.59 Å². The van der Waals surface area contributed by atoms with Crippen molar-refractivity contribution < 1.29 is 9.59 Å². The maximum atomic E-state index is 12.2. The Balaban J connectivity index is 1.57. The molecule has 2 amide bonds. The van der Waals surface area contributed by atoms with Gasteiger partial charge in [-0.25, -0.2) is 4.98 Å². The van der Waals surface area contributed by atoms with Crippen molar-refractivity contribution in [2.45, 2.75) is 33.1 Å². The minimum atomic E-state index is -0.311. The minimum absolute atomic E-state index is 0.0785. The third kappa shape index (κ3) is 6.44. The molecule has 0 saturated heterocycles. The highest BCUT2D eigenvalue weighted by Gasteiger charge is 2.08. The number of aromatic nitrogens is 1. The van der Waals surface area contributed by atoms with Gasteiger partial charge in [0.1, 0.15) is 0 Å². The van der Waals surface area contributed by atoms with Gasteiger partial charge in [0.25, 0.3) is 0 Å². The summed E-state index contributed by atoms with van der Waals surface area (Å²) in [6.07, 6.45) is 3.60. The zero-order chi connectivity index (χ0) is 22.4. The summed E-state index contributed by atoms with van der Waals surface area (Å²) in [6.45, 7) is 6.07. The first-order valence-corrected chi connectivity index (χ1v) is 11.2. The monoisotopic (exact) mass is 452 g/mol. The van der Waals surface area contributed by atoms with E-state index in [4.69, 9.17) is 12.2 Å². The Morgan fingerprint density at radius 1 is 1.13 bits per heavy atom. The van der Waals surface area contributed by atoms with E-state index in [-0.39, 0.29) is 16.9 Å². The molecule has 31 heavy (non-hydrogen) atoms. The molecule has 0 aliphatic carbocycles. The molecule has 0 unspecified atom stereocenters. The van der Waals surface area contributed by atoms with Crippen LogP contribution in [0.4, 0.5) is 10.8 Å². The van der Waals surface area contributed by atoms with Gasteiger partial charge in [-0.2, -0.15) is 0 Å². The Hall–Kier alpha value is -3.10. The number of amides is 2. The fraction of sp³-hybridized carbons (Fsp3) is 0.217. The Morgan fingerprint density at radius 2 is 1.87 bits per heavy atom. The van der Waals surface area contributed by atoms with E-state index in [9.17, 15) is 9.59 Å². The molecule has 0 radical (unpaired) electrons. The van der Waals surface area contributed by atoms with Crippen molar-refractivity contribution in [2.24, 2.45) is 0 Å². The summed E-state index contributed by atoms with van der Waals surface area (Å²) in [7, 11) is 0. The van der Waals surface area contributed by atoms with Crippen molar-refractivity contribution >= 4 is 67.6 Å². The van der Waals surface area contributed by atoms with Crippen LogP contribution in [-0.4, -0.2) is 21.9 Å². The van der Waals surface area contributed by atoms with Crippen LogP contribution in [0.2, 0.25) is 0 Å². The quantitative estimate of drug-likeness (QED) is 0.349. The highest BCUT2D eigenvalue weighted by Crippen LogP contribution is 2.28. The Morgan fingerprint density at radius 3 is 2.55 bits per heavy atom.